The number of carbonyl (C=O) groups is 2. The number of alkyl halides is 2. The summed E-state index contributed by atoms with van der Waals surface area (Å²) >= 11 is 11.2. The summed E-state index contributed by atoms with van der Waals surface area (Å²) in [5, 5.41) is 2.99. The first-order valence-corrected chi connectivity index (χ1v) is 8.49. The van der Waals surface area contributed by atoms with Crippen molar-refractivity contribution in [3.05, 3.63) is 29.8 Å². The molecule has 0 bridgehead atoms. The lowest BCUT2D eigenvalue weighted by molar-refractivity contribution is -0.130. The molecule has 1 aliphatic rings. The van der Waals surface area contributed by atoms with Gasteiger partial charge in [-0.2, -0.15) is 0 Å². The Hall–Kier alpha value is -1.46. The molecule has 1 aliphatic heterocycles. The van der Waals surface area contributed by atoms with E-state index in [2.05, 4.69) is 5.32 Å². The topological polar surface area (TPSA) is 58.6 Å². The summed E-state index contributed by atoms with van der Waals surface area (Å²) in [5.41, 5.74) is 0.591. The highest BCUT2D eigenvalue weighted by Gasteiger charge is 2.26. The summed E-state index contributed by atoms with van der Waals surface area (Å²) in [6.45, 7) is 3.59. The molecule has 23 heavy (non-hydrogen) atoms. The Kier molecular flexibility index (Phi) is 6.54. The number of rotatable bonds is 5. The molecule has 1 N–H and O–H groups in total. The molecule has 2 rings (SSSR count). The zero-order chi connectivity index (χ0) is 16.8. The minimum atomic E-state index is -1.02. The first kappa shape index (κ1) is 17.9. The molecule has 126 valence electrons. The molecule has 0 atom stereocenters. The summed E-state index contributed by atoms with van der Waals surface area (Å²) < 4.78 is 5.35. The number of likely N-dealkylation sites (tertiary alicyclic amines) is 1. The van der Waals surface area contributed by atoms with Gasteiger partial charge in [-0.15, -0.1) is 0 Å². The van der Waals surface area contributed by atoms with Crippen molar-refractivity contribution in [2.24, 2.45) is 0 Å². The molecule has 0 saturated carbocycles. The van der Waals surface area contributed by atoms with Gasteiger partial charge >= 0.3 is 0 Å². The number of halogens is 2. The van der Waals surface area contributed by atoms with Crippen LogP contribution < -0.4 is 10.1 Å². The highest BCUT2D eigenvalue weighted by molar-refractivity contribution is 6.53. The van der Waals surface area contributed by atoms with E-state index in [0.717, 1.165) is 5.75 Å². The van der Waals surface area contributed by atoms with E-state index in [9.17, 15) is 9.59 Å². The Morgan fingerprint density at radius 3 is 2.39 bits per heavy atom. The molecule has 0 unspecified atom stereocenters. The van der Waals surface area contributed by atoms with E-state index >= 15 is 0 Å². The maximum atomic E-state index is 12.2. The summed E-state index contributed by atoms with van der Waals surface area (Å²) in [5.74, 6) is 0.350. The molecule has 0 aliphatic carbocycles. The van der Waals surface area contributed by atoms with E-state index in [1.807, 2.05) is 6.92 Å². The number of piperidine rings is 1. The Bertz CT molecular complexity index is 541. The third-order valence-electron chi connectivity index (χ3n) is 3.76. The quantitative estimate of drug-likeness (QED) is 0.823. The molecular formula is C16H20Cl2N2O3. The molecule has 1 heterocycles. The van der Waals surface area contributed by atoms with Crippen molar-refractivity contribution in [3.63, 3.8) is 0 Å². The fraction of sp³-hybridized carbons (Fsp3) is 0.500. The average molecular weight is 359 g/mol. The van der Waals surface area contributed by atoms with E-state index in [0.29, 0.717) is 38.1 Å². The van der Waals surface area contributed by atoms with Gasteiger partial charge in [-0.1, -0.05) is 23.2 Å². The summed E-state index contributed by atoms with van der Waals surface area (Å²) in [6.07, 6.45) is 1.38. The third kappa shape index (κ3) is 5.01. The van der Waals surface area contributed by atoms with Crippen LogP contribution in [0.25, 0.3) is 0 Å². The molecule has 0 radical (unpaired) electrons. The van der Waals surface area contributed by atoms with Crippen molar-refractivity contribution in [2.45, 2.75) is 30.6 Å². The van der Waals surface area contributed by atoms with Gasteiger partial charge in [-0.05, 0) is 44.0 Å². The van der Waals surface area contributed by atoms with Gasteiger partial charge in [0.1, 0.15) is 5.75 Å². The van der Waals surface area contributed by atoms with E-state index in [1.165, 1.54) is 0 Å². The lowest BCUT2D eigenvalue weighted by Gasteiger charge is -2.32. The fourth-order valence-electron chi connectivity index (χ4n) is 2.52. The number of hydrogen-bond donors (Lipinski definition) is 1. The van der Waals surface area contributed by atoms with Crippen LogP contribution in [-0.2, 0) is 4.79 Å². The molecule has 2 amide bonds. The number of nitrogens with one attached hydrogen (secondary N) is 1. The van der Waals surface area contributed by atoms with Crippen LogP contribution in [0.2, 0.25) is 0 Å². The monoisotopic (exact) mass is 358 g/mol. The number of nitrogens with zero attached hydrogens (tertiary/aromatic N) is 1. The van der Waals surface area contributed by atoms with Crippen molar-refractivity contribution in [1.29, 1.82) is 0 Å². The van der Waals surface area contributed by atoms with E-state index in [-0.39, 0.29) is 17.9 Å². The highest BCUT2D eigenvalue weighted by Crippen LogP contribution is 2.16. The molecule has 1 fully saturated rings. The average Bonchev–Trinajstić information content (AvgIpc) is 2.55. The zero-order valence-corrected chi connectivity index (χ0v) is 14.4. The lowest BCUT2D eigenvalue weighted by atomic mass is 10.0. The van der Waals surface area contributed by atoms with Crippen LogP contribution >= 0.6 is 23.2 Å². The molecule has 0 aromatic heterocycles. The van der Waals surface area contributed by atoms with Gasteiger partial charge in [0.25, 0.3) is 11.8 Å². The predicted molar refractivity (Wildman–Crippen MR) is 90.2 cm³/mol. The first-order valence-electron chi connectivity index (χ1n) is 7.62. The van der Waals surface area contributed by atoms with E-state index in [1.54, 1.807) is 29.2 Å². The second kappa shape index (κ2) is 8.41. The van der Waals surface area contributed by atoms with Crippen LogP contribution in [0, 0.1) is 0 Å². The van der Waals surface area contributed by atoms with Crippen molar-refractivity contribution in [3.8, 4) is 5.75 Å². The number of ether oxygens (including phenoxy) is 1. The Balaban J connectivity index is 1.83. The SMILES string of the molecule is CCOc1ccc(C(=O)NC2CCN(C(=O)C(Cl)Cl)CC2)cc1. The van der Waals surface area contributed by atoms with Gasteiger partial charge in [0, 0.05) is 24.7 Å². The van der Waals surface area contributed by atoms with Crippen LogP contribution in [0.5, 0.6) is 5.75 Å². The van der Waals surface area contributed by atoms with Crippen LogP contribution in [0.15, 0.2) is 24.3 Å². The normalized spacial score (nSPS) is 15.6. The molecular weight excluding hydrogens is 339 g/mol. The Morgan fingerprint density at radius 1 is 1.26 bits per heavy atom. The van der Waals surface area contributed by atoms with Gasteiger partial charge < -0.3 is 15.0 Å². The Morgan fingerprint density at radius 2 is 1.87 bits per heavy atom. The van der Waals surface area contributed by atoms with Crippen molar-refractivity contribution in [1.82, 2.24) is 10.2 Å². The molecule has 1 saturated heterocycles. The molecule has 5 nitrogen and oxygen atoms in total. The molecule has 1 aromatic rings. The number of benzene rings is 1. The Labute approximate surface area is 145 Å². The van der Waals surface area contributed by atoms with Crippen LogP contribution in [0.4, 0.5) is 0 Å². The van der Waals surface area contributed by atoms with E-state index < -0.39 is 4.84 Å². The van der Waals surface area contributed by atoms with Crippen LogP contribution in [-0.4, -0.2) is 47.3 Å². The maximum absolute atomic E-state index is 12.2. The number of hydrogen-bond acceptors (Lipinski definition) is 3. The molecule has 7 heteroatoms. The minimum Gasteiger partial charge on any atom is -0.494 e. The van der Waals surface area contributed by atoms with E-state index in [4.69, 9.17) is 27.9 Å². The number of amides is 2. The van der Waals surface area contributed by atoms with Crippen molar-refractivity contribution in [2.75, 3.05) is 19.7 Å². The molecule has 0 spiro atoms. The van der Waals surface area contributed by atoms with Gasteiger partial charge in [0.15, 0.2) is 4.84 Å². The number of carbonyl (C=O) groups excluding carboxylic acids is 2. The predicted octanol–water partition coefficient (Wildman–Crippen LogP) is 2.61. The zero-order valence-electron chi connectivity index (χ0n) is 12.9. The summed E-state index contributed by atoms with van der Waals surface area (Å²) in [6, 6.07) is 7.08. The molecule has 1 aromatic carbocycles. The second-order valence-electron chi connectivity index (χ2n) is 5.33. The van der Waals surface area contributed by atoms with Crippen molar-refractivity contribution >= 4 is 35.0 Å². The van der Waals surface area contributed by atoms with Gasteiger partial charge in [0.05, 0.1) is 6.61 Å². The van der Waals surface area contributed by atoms with Gasteiger partial charge in [0.2, 0.25) is 0 Å². The fourth-order valence-corrected chi connectivity index (χ4v) is 2.80. The van der Waals surface area contributed by atoms with Crippen molar-refractivity contribution < 1.29 is 14.3 Å². The third-order valence-corrected chi connectivity index (χ3v) is 4.13. The summed E-state index contributed by atoms with van der Waals surface area (Å²) in [7, 11) is 0. The highest BCUT2D eigenvalue weighted by atomic mass is 35.5. The first-order chi connectivity index (χ1) is 11.0. The van der Waals surface area contributed by atoms with Crippen LogP contribution in [0.1, 0.15) is 30.1 Å². The second-order valence-corrected chi connectivity index (χ2v) is 6.43. The van der Waals surface area contributed by atoms with Gasteiger partial charge in [-0.25, -0.2) is 0 Å². The van der Waals surface area contributed by atoms with Crippen LogP contribution in [0.3, 0.4) is 0 Å². The van der Waals surface area contributed by atoms with Gasteiger partial charge in [-0.3, -0.25) is 9.59 Å². The maximum Gasteiger partial charge on any atom is 0.255 e. The smallest absolute Gasteiger partial charge is 0.255 e. The lowest BCUT2D eigenvalue weighted by Crippen LogP contribution is -2.47. The summed E-state index contributed by atoms with van der Waals surface area (Å²) in [4.78, 5) is 24.5. The standard InChI is InChI=1S/C16H20Cl2N2O3/c1-2-23-13-5-3-11(4-6-13)15(21)19-12-7-9-20(10-8-12)16(22)14(17)18/h3-6,12,14H,2,7-10H2,1H3,(H,19,21). The minimum absolute atomic E-state index is 0.0437. The largest absolute Gasteiger partial charge is 0.494 e.